The molecule has 0 unspecified atom stereocenters. The minimum atomic E-state index is -0.368. The van der Waals surface area contributed by atoms with Crippen molar-refractivity contribution in [2.75, 3.05) is 31.2 Å². The van der Waals surface area contributed by atoms with Crippen LogP contribution in [-0.2, 0) is 4.74 Å². The number of hydrogen-bond acceptors (Lipinski definition) is 5. The van der Waals surface area contributed by atoms with Gasteiger partial charge in [0.2, 0.25) is 0 Å². The van der Waals surface area contributed by atoms with Crippen LogP contribution < -0.4 is 10.3 Å². The number of nitrogens with zero attached hydrogens (tertiary/aromatic N) is 2. The average Bonchev–Trinajstić information content (AvgIpc) is 2.65. The van der Waals surface area contributed by atoms with Crippen LogP contribution in [0.25, 0.3) is 0 Å². The molecular weight excluding hydrogens is 433 g/mol. The Morgan fingerprint density at radius 3 is 2.60 bits per heavy atom. The van der Waals surface area contributed by atoms with E-state index in [1.54, 1.807) is 18.3 Å². The molecule has 2 aromatic carbocycles. The van der Waals surface area contributed by atoms with E-state index in [0.29, 0.717) is 9.13 Å². The molecule has 1 amide bonds. The van der Waals surface area contributed by atoms with Crippen molar-refractivity contribution in [3.8, 4) is 5.75 Å². The largest absolute Gasteiger partial charge is 0.507 e. The molecule has 1 aliphatic rings. The van der Waals surface area contributed by atoms with Crippen LogP contribution in [0.3, 0.4) is 0 Å². The van der Waals surface area contributed by atoms with E-state index in [1.165, 1.54) is 6.07 Å². The molecule has 0 saturated carbocycles. The summed E-state index contributed by atoms with van der Waals surface area (Å²) in [6.45, 7) is 3.30. The van der Waals surface area contributed by atoms with Crippen molar-refractivity contribution >= 4 is 40.4 Å². The Morgan fingerprint density at radius 2 is 1.92 bits per heavy atom. The number of nitrogens with one attached hydrogen (secondary N) is 1. The number of aromatic hydroxyl groups is 1. The number of morpholine rings is 1. The monoisotopic (exact) mass is 451 g/mol. The first-order valence-corrected chi connectivity index (χ1v) is 8.96. The van der Waals surface area contributed by atoms with Crippen LogP contribution in [0.15, 0.2) is 47.6 Å². The first kappa shape index (κ1) is 17.7. The molecular formula is C18H18IN3O3. The summed E-state index contributed by atoms with van der Waals surface area (Å²) in [6.07, 6.45) is 1.59. The Bertz CT molecular complexity index is 772. The SMILES string of the molecule is O=C(N/N=C\c1ccc(N2CCOCC2)cc1)c1ccc(I)c(O)c1. The predicted molar refractivity (Wildman–Crippen MR) is 105 cm³/mol. The number of carbonyl (C=O) groups is 1. The molecule has 1 heterocycles. The maximum absolute atomic E-state index is 12.0. The zero-order chi connectivity index (χ0) is 17.6. The van der Waals surface area contributed by atoms with Crippen molar-refractivity contribution in [2.24, 2.45) is 5.10 Å². The molecule has 0 bridgehead atoms. The fourth-order valence-electron chi connectivity index (χ4n) is 2.48. The van der Waals surface area contributed by atoms with Gasteiger partial charge in [-0.25, -0.2) is 5.43 Å². The van der Waals surface area contributed by atoms with Crippen LogP contribution >= 0.6 is 22.6 Å². The molecule has 130 valence electrons. The third kappa shape index (κ3) is 4.70. The van der Waals surface area contributed by atoms with E-state index >= 15 is 0 Å². The summed E-state index contributed by atoms with van der Waals surface area (Å²) in [7, 11) is 0. The minimum absolute atomic E-state index is 0.0796. The molecule has 1 saturated heterocycles. The van der Waals surface area contributed by atoms with Gasteiger partial charge in [0.1, 0.15) is 5.75 Å². The van der Waals surface area contributed by atoms with Crippen LogP contribution in [0, 0.1) is 3.57 Å². The van der Waals surface area contributed by atoms with Gasteiger partial charge in [0, 0.05) is 24.3 Å². The number of hydrogen-bond donors (Lipinski definition) is 2. The van der Waals surface area contributed by atoms with E-state index in [-0.39, 0.29) is 11.7 Å². The van der Waals surface area contributed by atoms with Gasteiger partial charge in [-0.3, -0.25) is 4.79 Å². The molecule has 2 aromatic rings. The van der Waals surface area contributed by atoms with Crippen LogP contribution in [0.4, 0.5) is 5.69 Å². The number of hydrazone groups is 1. The number of halogens is 1. The molecule has 3 rings (SSSR count). The fourth-order valence-corrected chi connectivity index (χ4v) is 2.81. The summed E-state index contributed by atoms with van der Waals surface area (Å²) in [5, 5.41) is 13.6. The molecule has 0 atom stereocenters. The predicted octanol–water partition coefficient (Wildman–Crippen LogP) is 2.60. The Kier molecular flexibility index (Phi) is 5.87. The highest BCUT2D eigenvalue weighted by Crippen LogP contribution is 2.20. The highest BCUT2D eigenvalue weighted by atomic mass is 127. The van der Waals surface area contributed by atoms with Crippen molar-refractivity contribution in [3.63, 3.8) is 0 Å². The van der Waals surface area contributed by atoms with Gasteiger partial charge in [-0.15, -0.1) is 0 Å². The van der Waals surface area contributed by atoms with Gasteiger partial charge in [-0.05, 0) is 58.5 Å². The van der Waals surface area contributed by atoms with Crippen molar-refractivity contribution in [3.05, 3.63) is 57.2 Å². The Hall–Kier alpha value is -2.13. The number of rotatable bonds is 4. The van der Waals surface area contributed by atoms with E-state index in [1.807, 2.05) is 46.9 Å². The summed E-state index contributed by atoms with van der Waals surface area (Å²) in [4.78, 5) is 14.3. The normalized spacial score (nSPS) is 14.7. The molecule has 7 heteroatoms. The zero-order valence-corrected chi connectivity index (χ0v) is 15.6. The molecule has 1 fully saturated rings. The molecule has 25 heavy (non-hydrogen) atoms. The van der Waals surface area contributed by atoms with E-state index in [2.05, 4.69) is 15.4 Å². The van der Waals surface area contributed by atoms with Crippen molar-refractivity contribution in [2.45, 2.75) is 0 Å². The molecule has 0 spiro atoms. The van der Waals surface area contributed by atoms with Crippen LogP contribution in [0.2, 0.25) is 0 Å². The Balaban J connectivity index is 1.58. The van der Waals surface area contributed by atoms with Gasteiger partial charge in [-0.1, -0.05) is 12.1 Å². The van der Waals surface area contributed by atoms with Gasteiger partial charge >= 0.3 is 0 Å². The molecule has 2 N–H and O–H groups in total. The molecule has 1 aliphatic heterocycles. The van der Waals surface area contributed by atoms with Gasteiger partial charge in [0.25, 0.3) is 5.91 Å². The molecule has 0 aliphatic carbocycles. The third-order valence-corrected chi connectivity index (χ3v) is 4.77. The quantitative estimate of drug-likeness (QED) is 0.426. The van der Waals surface area contributed by atoms with E-state index in [9.17, 15) is 9.90 Å². The van der Waals surface area contributed by atoms with Crippen molar-refractivity contribution < 1.29 is 14.6 Å². The number of benzene rings is 2. The number of phenolic OH excluding ortho intramolecular Hbond substituents is 1. The first-order valence-electron chi connectivity index (χ1n) is 7.88. The second-order valence-corrected chi connectivity index (χ2v) is 6.72. The van der Waals surface area contributed by atoms with Crippen LogP contribution in [-0.4, -0.2) is 43.5 Å². The first-order chi connectivity index (χ1) is 12.1. The summed E-state index contributed by atoms with van der Waals surface area (Å²) >= 11 is 2.00. The number of amides is 1. The summed E-state index contributed by atoms with van der Waals surface area (Å²) in [5.74, 6) is -0.288. The minimum Gasteiger partial charge on any atom is -0.507 e. The second-order valence-electron chi connectivity index (χ2n) is 5.56. The lowest BCUT2D eigenvalue weighted by molar-refractivity contribution is 0.0954. The zero-order valence-electron chi connectivity index (χ0n) is 13.5. The van der Waals surface area contributed by atoms with E-state index in [4.69, 9.17) is 4.74 Å². The lowest BCUT2D eigenvalue weighted by Crippen LogP contribution is -2.36. The second kappa shape index (κ2) is 8.30. The Morgan fingerprint density at radius 1 is 1.20 bits per heavy atom. The highest BCUT2D eigenvalue weighted by molar-refractivity contribution is 14.1. The number of anilines is 1. The van der Waals surface area contributed by atoms with Gasteiger partial charge in [0.05, 0.1) is 23.0 Å². The maximum Gasteiger partial charge on any atom is 0.271 e. The Labute approximate surface area is 159 Å². The standard InChI is InChI=1S/C18H18IN3O3/c19-16-6-3-14(11-17(16)23)18(24)21-20-12-13-1-4-15(5-2-13)22-7-9-25-10-8-22/h1-6,11-12,23H,7-10H2,(H,21,24)/b20-12-. The van der Waals surface area contributed by atoms with Gasteiger partial charge in [0.15, 0.2) is 0 Å². The highest BCUT2D eigenvalue weighted by Gasteiger charge is 2.10. The average molecular weight is 451 g/mol. The van der Waals surface area contributed by atoms with E-state index < -0.39 is 0 Å². The fraction of sp³-hybridized carbons (Fsp3) is 0.222. The van der Waals surface area contributed by atoms with E-state index in [0.717, 1.165) is 37.6 Å². The number of phenols is 1. The van der Waals surface area contributed by atoms with Crippen molar-refractivity contribution in [1.82, 2.24) is 5.43 Å². The molecule has 6 nitrogen and oxygen atoms in total. The number of carbonyl (C=O) groups excluding carboxylic acids is 1. The lowest BCUT2D eigenvalue weighted by atomic mass is 10.2. The van der Waals surface area contributed by atoms with Crippen LogP contribution in [0.5, 0.6) is 5.75 Å². The van der Waals surface area contributed by atoms with Gasteiger partial charge in [-0.2, -0.15) is 5.10 Å². The van der Waals surface area contributed by atoms with Gasteiger partial charge < -0.3 is 14.7 Å². The third-order valence-electron chi connectivity index (χ3n) is 3.86. The summed E-state index contributed by atoms with van der Waals surface area (Å²) in [6, 6.07) is 12.7. The lowest BCUT2D eigenvalue weighted by Gasteiger charge is -2.28. The number of ether oxygens (including phenoxy) is 1. The molecule has 0 aromatic heterocycles. The maximum atomic E-state index is 12.0. The summed E-state index contributed by atoms with van der Waals surface area (Å²) in [5.41, 5.74) is 4.86. The topological polar surface area (TPSA) is 74.2 Å². The summed E-state index contributed by atoms with van der Waals surface area (Å²) < 4.78 is 6.04. The van der Waals surface area contributed by atoms with Crippen LogP contribution in [0.1, 0.15) is 15.9 Å². The smallest absolute Gasteiger partial charge is 0.271 e. The van der Waals surface area contributed by atoms with Crippen molar-refractivity contribution in [1.29, 1.82) is 0 Å². The molecule has 0 radical (unpaired) electrons.